The van der Waals surface area contributed by atoms with Gasteiger partial charge < -0.3 is 14.8 Å². The second-order valence-electron chi connectivity index (χ2n) is 5.63. The third kappa shape index (κ3) is 5.70. The second kappa shape index (κ2) is 8.49. The van der Waals surface area contributed by atoms with Crippen LogP contribution in [0.4, 0.5) is 0 Å². The molecule has 1 atom stereocenters. The highest BCUT2D eigenvalue weighted by molar-refractivity contribution is 6.30. The fourth-order valence-corrected chi connectivity index (χ4v) is 2.27. The first kappa shape index (κ1) is 18.0. The zero-order chi connectivity index (χ0) is 17.5. The summed E-state index contributed by atoms with van der Waals surface area (Å²) in [6.07, 6.45) is 2.27. The number of aryl methyl sites for hydroxylation is 1. The Balaban J connectivity index is 1.79. The average Bonchev–Trinajstić information content (AvgIpc) is 3.00. The van der Waals surface area contributed by atoms with Crippen molar-refractivity contribution in [2.24, 2.45) is 5.92 Å². The van der Waals surface area contributed by atoms with Gasteiger partial charge in [-0.2, -0.15) is 0 Å². The molecule has 128 valence electrons. The van der Waals surface area contributed by atoms with Crippen LogP contribution in [0.3, 0.4) is 0 Å². The van der Waals surface area contributed by atoms with Gasteiger partial charge in [-0.05, 0) is 30.2 Å². The topological polar surface area (TPSA) is 92.4 Å². The molecule has 0 bridgehead atoms. The number of carboxylic acids is 1. The molecule has 0 spiro atoms. The molecule has 7 heteroatoms. The van der Waals surface area contributed by atoms with Crippen LogP contribution in [0.1, 0.15) is 25.7 Å². The fraction of sp³-hybridized carbons (Fsp3) is 0.353. The number of rotatable bonds is 8. The molecular formula is C17H19ClN2O4. The van der Waals surface area contributed by atoms with Crippen molar-refractivity contribution in [1.29, 1.82) is 0 Å². The Labute approximate surface area is 144 Å². The molecule has 1 aromatic carbocycles. The summed E-state index contributed by atoms with van der Waals surface area (Å²) in [4.78, 5) is 26.5. The van der Waals surface area contributed by atoms with Crippen LogP contribution in [0.5, 0.6) is 0 Å². The largest absolute Gasteiger partial charge is 0.481 e. The van der Waals surface area contributed by atoms with E-state index in [1.54, 1.807) is 25.3 Å². The van der Waals surface area contributed by atoms with Crippen molar-refractivity contribution in [2.75, 3.05) is 6.54 Å². The number of oxazole rings is 1. The molecular weight excluding hydrogens is 332 g/mol. The third-order valence-corrected chi connectivity index (χ3v) is 3.67. The first-order chi connectivity index (χ1) is 11.4. The molecule has 2 rings (SSSR count). The number of hydrogen-bond acceptors (Lipinski definition) is 4. The average molecular weight is 351 g/mol. The molecule has 0 aliphatic carbocycles. The minimum atomic E-state index is -0.869. The predicted molar refractivity (Wildman–Crippen MR) is 89.7 cm³/mol. The Kier molecular flexibility index (Phi) is 6.37. The van der Waals surface area contributed by atoms with E-state index in [1.807, 2.05) is 12.1 Å². The maximum Gasteiger partial charge on any atom is 0.303 e. The number of nitrogens with one attached hydrogen (secondary N) is 1. The summed E-state index contributed by atoms with van der Waals surface area (Å²) in [5.74, 6) is -0.0275. The maximum absolute atomic E-state index is 11.8. The van der Waals surface area contributed by atoms with Gasteiger partial charge in [-0.3, -0.25) is 9.59 Å². The smallest absolute Gasteiger partial charge is 0.303 e. The third-order valence-electron chi connectivity index (χ3n) is 3.42. The van der Waals surface area contributed by atoms with Gasteiger partial charge in [-0.25, -0.2) is 4.98 Å². The zero-order valence-electron chi connectivity index (χ0n) is 13.3. The Bertz CT molecular complexity index is 697. The van der Waals surface area contributed by atoms with Gasteiger partial charge >= 0.3 is 5.97 Å². The highest BCUT2D eigenvalue weighted by Gasteiger charge is 2.11. The molecule has 1 unspecified atom stereocenters. The van der Waals surface area contributed by atoms with E-state index in [2.05, 4.69) is 10.3 Å². The molecule has 0 saturated heterocycles. The molecule has 0 aliphatic heterocycles. The van der Waals surface area contributed by atoms with Crippen molar-refractivity contribution < 1.29 is 19.1 Å². The number of nitrogens with zero attached hydrogens (tertiary/aromatic N) is 1. The van der Waals surface area contributed by atoms with Crippen molar-refractivity contribution in [3.05, 3.63) is 41.4 Å². The summed E-state index contributed by atoms with van der Waals surface area (Å²) in [7, 11) is 0. The number of aliphatic carboxylic acids is 1. The second-order valence-corrected chi connectivity index (χ2v) is 6.07. The number of hydrogen-bond donors (Lipinski definition) is 2. The molecule has 2 aromatic rings. The Morgan fingerprint density at radius 3 is 2.71 bits per heavy atom. The molecule has 1 heterocycles. The SMILES string of the molecule is CC(CNC(=O)CCc1ncc(-c2ccc(Cl)cc2)o1)CC(=O)O. The van der Waals surface area contributed by atoms with Crippen molar-refractivity contribution >= 4 is 23.5 Å². The molecule has 0 aliphatic rings. The summed E-state index contributed by atoms with van der Waals surface area (Å²) in [6.45, 7) is 2.12. The summed E-state index contributed by atoms with van der Waals surface area (Å²) in [5.41, 5.74) is 0.866. The quantitative estimate of drug-likeness (QED) is 0.762. The van der Waals surface area contributed by atoms with E-state index >= 15 is 0 Å². The van der Waals surface area contributed by atoms with Crippen LogP contribution in [0.25, 0.3) is 11.3 Å². The van der Waals surface area contributed by atoms with Crippen molar-refractivity contribution in [3.63, 3.8) is 0 Å². The van der Waals surface area contributed by atoms with Crippen molar-refractivity contribution in [2.45, 2.75) is 26.2 Å². The van der Waals surface area contributed by atoms with Gasteiger partial charge in [0.15, 0.2) is 11.7 Å². The molecule has 0 saturated carbocycles. The fourth-order valence-electron chi connectivity index (χ4n) is 2.14. The van der Waals surface area contributed by atoms with Crippen molar-refractivity contribution in [1.82, 2.24) is 10.3 Å². The summed E-state index contributed by atoms with van der Waals surface area (Å²) >= 11 is 5.85. The number of carbonyl (C=O) groups is 2. The first-order valence-corrected chi connectivity index (χ1v) is 8.01. The van der Waals surface area contributed by atoms with Crippen LogP contribution in [0.2, 0.25) is 5.02 Å². The highest BCUT2D eigenvalue weighted by atomic mass is 35.5. The van der Waals surface area contributed by atoms with E-state index in [0.717, 1.165) is 5.56 Å². The van der Waals surface area contributed by atoms with E-state index in [-0.39, 0.29) is 24.7 Å². The zero-order valence-corrected chi connectivity index (χ0v) is 14.0. The van der Waals surface area contributed by atoms with Gasteiger partial charge in [0.1, 0.15) is 0 Å². The number of halogens is 1. The highest BCUT2D eigenvalue weighted by Crippen LogP contribution is 2.22. The summed E-state index contributed by atoms with van der Waals surface area (Å²) < 4.78 is 5.63. The minimum Gasteiger partial charge on any atom is -0.481 e. The van der Waals surface area contributed by atoms with Crippen LogP contribution < -0.4 is 5.32 Å². The number of amides is 1. The molecule has 6 nitrogen and oxygen atoms in total. The van der Waals surface area contributed by atoms with E-state index in [9.17, 15) is 9.59 Å². The van der Waals surface area contributed by atoms with Gasteiger partial charge in [0.2, 0.25) is 5.91 Å². The van der Waals surface area contributed by atoms with Crippen LogP contribution in [-0.2, 0) is 16.0 Å². The van der Waals surface area contributed by atoms with Crippen LogP contribution in [-0.4, -0.2) is 28.5 Å². The Hall–Kier alpha value is -2.34. The minimum absolute atomic E-state index is 0.0322. The standard InChI is InChI=1S/C17H19ClN2O4/c1-11(8-17(22)23)9-19-15(21)6-7-16-20-10-14(24-16)12-2-4-13(18)5-3-12/h2-5,10-11H,6-9H2,1H3,(H,19,21)(H,22,23). The number of carboxylic acid groups (broad SMARTS) is 1. The van der Waals surface area contributed by atoms with E-state index in [0.29, 0.717) is 29.6 Å². The Morgan fingerprint density at radius 1 is 1.33 bits per heavy atom. The van der Waals surface area contributed by atoms with Crippen LogP contribution >= 0.6 is 11.6 Å². The lowest BCUT2D eigenvalue weighted by Gasteiger charge is -2.09. The van der Waals surface area contributed by atoms with Gasteiger partial charge in [0, 0.05) is 36.4 Å². The van der Waals surface area contributed by atoms with Gasteiger partial charge in [-0.15, -0.1) is 0 Å². The number of carbonyl (C=O) groups excluding carboxylic acids is 1. The molecule has 2 N–H and O–H groups in total. The molecule has 1 amide bonds. The monoisotopic (exact) mass is 350 g/mol. The number of benzene rings is 1. The normalized spacial score (nSPS) is 11.9. The Morgan fingerprint density at radius 2 is 2.04 bits per heavy atom. The van der Waals surface area contributed by atoms with Gasteiger partial charge in [0.25, 0.3) is 0 Å². The van der Waals surface area contributed by atoms with Crippen molar-refractivity contribution in [3.8, 4) is 11.3 Å². The van der Waals surface area contributed by atoms with Gasteiger partial charge in [0.05, 0.1) is 6.20 Å². The maximum atomic E-state index is 11.8. The lowest BCUT2D eigenvalue weighted by Crippen LogP contribution is -2.29. The lowest BCUT2D eigenvalue weighted by molar-refractivity contribution is -0.138. The lowest BCUT2D eigenvalue weighted by atomic mass is 10.1. The molecule has 1 aromatic heterocycles. The van der Waals surface area contributed by atoms with Crippen LogP contribution in [0, 0.1) is 5.92 Å². The van der Waals surface area contributed by atoms with E-state index in [1.165, 1.54) is 0 Å². The van der Waals surface area contributed by atoms with E-state index in [4.69, 9.17) is 21.1 Å². The molecule has 24 heavy (non-hydrogen) atoms. The predicted octanol–water partition coefficient (Wildman–Crippen LogP) is 3.15. The molecule has 0 fully saturated rings. The first-order valence-electron chi connectivity index (χ1n) is 7.63. The van der Waals surface area contributed by atoms with Crippen LogP contribution in [0.15, 0.2) is 34.9 Å². The van der Waals surface area contributed by atoms with Gasteiger partial charge in [-0.1, -0.05) is 18.5 Å². The summed E-state index contributed by atoms with van der Waals surface area (Å²) in [6, 6.07) is 7.21. The number of aromatic nitrogens is 1. The molecule has 0 radical (unpaired) electrons. The summed E-state index contributed by atoms with van der Waals surface area (Å²) in [5, 5.41) is 12.0. The van der Waals surface area contributed by atoms with E-state index < -0.39 is 5.97 Å².